The Morgan fingerprint density at radius 3 is 3.12 bits per heavy atom. The minimum Gasteiger partial charge on any atom is -0.481 e. The van der Waals surface area contributed by atoms with Crippen molar-refractivity contribution in [2.45, 2.75) is 19.9 Å². The van der Waals surface area contributed by atoms with Crippen LogP contribution in [0.1, 0.15) is 17.3 Å². The number of oxazole rings is 1. The molecule has 2 heterocycles. The number of thiazole rings is 1. The molecule has 0 spiro atoms. The van der Waals surface area contributed by atoms with E-state index in [1.807, 2.05) is 6.92 Å². The maximum absolute atomic E-state index is 10.5. The maximum atomic E-state index is 10.5. The fraction of sp³-hybridized carbons (Fsp3) is 0.300. The highest BCUT2D eigenvalue weighted by Gasteiger charge is 2.07. The van der Waals surface area contributed by atoms with Gasteiger partial charge in [0, 0.05) is 5.38 Å². The molecular formula is C10H11N3O3S. The standard InChI is InChI=1S/C10H11N3O3S/c1-6-3-11-8(16-6)4-12-10-13-7(5-17-10)2-9(14)15/h3,5H,2,4H2,1H3,(H,12,13)(H,14,15). The Morgan fingerprint density at radius 1 is 1.65 bits per heavy atom. The van der Waals surface area contributed by atoms with Gasteiger partial charge < -0.3 is 14.8 Å². The van der Waals surface area contributed by atoms with Gasteiger partial charge in [0.25, 0.3) is 0 Å². The number of carbonyl (C=O) groups is 1. The highest BCUT2D eigenvalue weighted by atomic mass is 32.1. The van der Waals surface area contributed by atoms with Crippen LogP contribution in [0.25, 0.3) is 0 Å². The summed E-state index contributed by atoms with van der Waals surface area (Å²) in [6.07, 6.45) is 1.59. The molecule has 0 fully saturated rings. The number of rotatable bonds is 5. The molecule has 0 radical (unpaired) electrons. The summed E-state index contributed by atoms with van der Waals surface area (Å²) in [6.45, 7) is 2.26. The summed E-state index contributed by atoms with van der Waals surface area (Å²) >= 11 is 1.36. The molecule has 0 amide bonds. The molecule has 0 saturated heterocycles. The second kappa shape index (κ2) is 4.96. The Bertz CT molecular complexity index is 520. The van der Waals surface area contributed by atoms with Crippen molar-refractivity contribution < 1.29 is 14.3 Å². The van der Waals surface area contributed by atoms with Crippen molar-refractivity contribution in [1.29, 1.82) is 0 Å². The fourth-order valence-corrected chi connectivity index (χ4v) is 1.97. The molecule has 2 aromatic rings. The molecule has 0 aromatic carbocycles. The quantitative estimate of drug-likeness (QED) is 0.842. The van der Waals surface area contributed by atoms with Gasteiger partial charge in [0.2, 0.25) is 5.89 Å². The first-order chi connectivity index (χ1) is 8.13. The van der Waals surface area contributed by atoms with Crippen LogP contribution in [0.2, 0.25) is 0 Å². The lowest BCUT2D eigenvalue weighted by atomic mass is 10.3. The Morgan fingerprint density at radius 2 is 2.47 bits per heavy atom. The van der Waals surface area contributed by atoms with Crippen LogP contribution in [-0.2, 0) is 17.8 Å². The van der Waals surface area contributed by atoms with Gasteiger partial charge in [0.05, 0.1) is 24.9 Å². The van der Waals surface area contributed by atoms with Gasteiger partial charge in [0.1, 0.15) is 5.76 Å². The summed E-state index contributed by atoms with van der Waals surface area (Å²) in [5.41, 5.74) is 0.550. The summed E-state index contributed by atoms with van der Waals surface area (Å²) in [5.74, 6) is 0.454. The smallest absolute Gasteiger partial charge is 0.309 e. The largest absolute Gasteiger partial charge is 0.481 e. The van der Waals surface area contributed by atoms with E-state index in [1.165, 1.54) is 11.3 Å². The Labute approximate surface area is 101 Å². The van der Waals surface area contributed by atoms with E-state index in [1.54, 1.807) is 11.6 Å². The topological polar surface area (TPSA) is 88.2 Å². The molecule has 0 atom stereocenters. The number of carboxylic acid groups (broad SMARTS) is 1. The van der Waals surface area contributed by atoms with Crippen LogP contribution in [0.15, 0.2) is 16.0 Å². The predicted molar refractivity (Wildman–Crippen MR) is 62.0 cm³/mol. The maximum Gasteiger partial charge on any atom is 0.309 e. The van der Waals surface area contributed by atoms with Crippen LogP contribution in [0.3, 0.4) is 0 Å². The van der Waals surface area contributed by atoms with E-state index >= 15 is 0 Å². The SMILES string of the molecule is Cc1cnc(CNc2nc(CC(=O)O)cs2)o1. The van der Waals surface area contributed by atoms with Crippen LogP contribution in [0.4, 0.5) is 5.13 Å². The number of anilines is 1. The molecule has 2 aromatic heterocycles. The van der Waals surface area contributed by atoms with Gasteiger partial charge in [-0.1, -0.05) is 0 Å². The van der Waals surface area contributed by atoms with Gasteiger partial charge in [-0.2, -0.15) is 0 Å². The van der Waals surface area contributed by atoms with Crippen molar-refractivity contribution >= 4 is 22.4 Å². The Hall–Kier alpha value is -1.89. The van der Waals surface area contributed by atoms with Crippen LogP contribution in [0, 0.1) is 6.92 Å². The zero-order valence-corrected chi connectivity index (χ0v) is 9.95. The van der Waals surface area contributed by atoms with Gasteiger partial charge >= 0.3 is 5.97 Å². The van der Waals surface area contributed by atoms with Gasteiger partial charge in [-0.25, -0.2) is 9.97 Å². The molecule has 17 heavy (non-hydrogen) atoms. The number of aryl methyl sites for hydroxylation is 1. The second-order valence-corrected chi connectivity index (χ2v) is 4.29. The van der Waals surface area contributed by atoms with E-state index in [2.05, 4.69) is 15.3 Å². The number of aromatic nitrogens is 2. The number of hydrogen-bond acceptors (Lipinski definition) is 6. The zero-order chi connectivity index (χ0) is 12.3. The molecule has 90 valence electrons. The third kappa shape index (κ3) is 3.28. The van der Waals surface area contributed by atoms with Gasteiger partial charge in [-0.15, -0.1) is 11.3 Å². The zero-order valence-electron chi connectivity index (χ0n) is 9.14. The third-order valence-electron chi connectivity index (χ3n) is 1.94. The first-order valence-electron chi connectivity index (χ1n) is 4.95. The van der Waals surface area contributed by atoms with Crippen molar-refractivity contribution in [3.05, 3.63) is 28.9 Å². The van der Waals surface area contributed by atoms with E-state index in [0.717, 1.165) is 5.76 Å². The van der Waals surface area contributed by atoms with E-state index < -0.39 is 5.97 Å². The number of nitrogens with zero attached hydrogens (tertiary/aromatic N) is 2. The molecule has 0 bridgehead atoms. The van der Waals surface area contributed by atoms with Crippen LogP contribution >= 0.6 is 11.3 Å². The lowest BCUT2D eigenvalue weighted by molar-refractivity contribution is -0.136. The second-order valence-electron chi connectivity index (χ2n) is 3.43. The van der Waals surface area contributed by atoms with Crippen molar-refractivity contribution in [2.75, 3.05) is 5.32 Å². The first kappa shape index (κ1) is 11.6. The molecule has 6 nitrogen and oxygen atoms in total. The van der Waals surface area contributed by atoms with Crippen molar-refractivity contribution in [1.82, 2.24) is 9.97 Å². The molecular weight excluding hydrogens is 242 g/mol. The predicted octanol–water partition coefficient (Wildman–Crippen LogP) is 1.68. The third-order valence-corrected chi connectivity index (χ3v) is 2.79. The average molecular weight is 253 g/mol. The number of nitrogens with one attached hydrogen (secondary N) is 1. The molecule has 0 saturated carbocycles. The van der Waals surface area contributed by atoms with Crippen LogP contribution in [-0.4, -0.2) is 21.0 Å². The van der Waals surface area contributed by atoms with E-state index in [4.69, 9.17) is 9.52 Å². The average Bonchev–Trinajstić information content (AvgIpc) is 2.84. The lowest BCUT2D eigenvalue weighted by Crippen LogP contribution is -2.02. The highest BCUT2D eigenvalue weighted by Crippen LogP contribution is 2.16. The van der Waals surface area contributed by atoms with Gasteiger partial charge in [0.15, 0.2) is 5.13 Å². The Balaban J connectivity index is 1.91. The molecule has 0 aliphatic heterocycles. The molecule has 0 aliphatic rings. The first-order valence-corrected chi connectivity index (χ1v) is 5.83. The minimum atomic E-state index is -0.884. The lowest BCUT2D eigenvalue weighted by Gasteiger charge is -1.97. The summed E-state index contributed by atoms with van der Waals surface area (Å²) in [7, 11) is 0. The molecule has 2 N–H and O–H groups in total. The number of carboxylic acids is 1. The van der Waals surface area contributed by atoms with E-state index in [-0.39, 0.29) is 6.42 Å². The fourth-order valence-electron chi connectivity index (χ4n) is 1.26. The van der Waals surface area contributed by atoms with Crippen LogP contribution < -0.4 is 5.32 Å². The summed E-state index contributed by atoms with van der Waals surface area (Å²) in [6, 6.07) is 0. The molecule has 0 unspecified atom stereocenters. The summed E-state index contributed by atoms with van der Waals surface area (Å²) < 4.78 is 5.29. The van der Waals surface area contributed by atoms with E-state index in [9.17, 15) is 4.79 Å². The molecule has 7 heteroatoms. The van der Waals surface area contributed by atoms with Crippen LogP contribution in [0.5, 0.6) is 0 Å². The van der Waals surface area contributed by atoms with Crippen molar-refractivity contribution in [2.24, 2.45) is 0 Å². The van der Waals surface area contributed by atoms with Crippen molar-refractivity contribution in [3.8, 4) is 0 Å². The number of hydrogen-bond donors (Lipinski definition) is 2. The van der Waals surface area contributed by atoms with E-state index in [0.29, 0.717) is 23.3 Å². The number of aliphatic carboxylic acids is 1. The highest BCUT2D eigenvalue weighted by molar-refractivity contribution is 7.13. The molecule has 0 aliphatic carbocycles. The molecule has 2 rings (SSSR count). The normalized spacial score (nSPS) is 10.4. The van der Waals surface area contributed by atoms with Gasteiger partial charge in [-0.05, 0) is 6.92 Å². The van der Waals surface area contributed by atoms with Crippen molar-refractivity contribution in [3.63, 3.8) is 0 Å². The summed E-state index contributed by atoms with van der Waals surface area (Å²) in [5, 5.41) is 14.0. The summed E-state index contributed by atoms with van der Waals surface area (Å²) in [4.78, 5) is 18.6. The monoisotopic (exact) mass is 253 g/mol. The Kier molecular flexibility index (Phi) is 3.38. The van der Waals surface area contributed by atoms with Gasteiger partial charge in [-0.3, -0.25) is 4.79 Å². The minimum absolute atomic E-state index is 0.0592.